The van der Waals surface area contributed by atoms with Gasteiger partial charge in [-0.3, -0.25) is 0 Å². The Morgan fingerprint density at radius 2 is 1.05 bits per heavy atom. The van der Waals surface area contributed by atoms with Crippen molar-refractivity contribution < 1.29 is 0 Å². The average Bonchev–Trinajstić information content (AvgIpc) is 2.80. The van der Waals surface area contributed by atoms with Crippen LogP contribution < -0.4 is 9.00 Å². The van der Waals surface area contributed by atoms with Crippen LogP contribution in [0.15, 0.2) is 10.8 Å². The minimum absolute atomic E-state index is 1.20. The Labute approximate surface area is 129 Å². The monoisotopic (exact) mass is 340 g/mol. The van der Waals surface area contributed by atoms with Gasteiger partial charge in [-0.25, -0.2) is 0 Å². The third kappa shape index (κ3) is 2.19. The van der Waals surface area contributed by atoms with Gasteiger partial charge >= 0.3 is 0 Å². The standard InChI is InChI=1S/C14H20S3Si2/c1-18(2,3)13-11-9(7-15-13)10-8-16-14(12(10)17-11)19(4,5)6/h7-8H,1-6H3. The second kappa shape index (κ2) is 4.27. The summed E-state index contributed by atoms with van der Waals surface area (Å²) in [5, 5.41) is 7.87. The van der Waals surface area contributed by atoms with Gasteiger partial charge in [0.1, 0.15) is 0 Å². The molecule has 0 fully saturated rings. The van der Waals surface area contributed by atoms with Crippen molar-refractivity contribution in [3.8, 4) is 0 Å². The molecular weight excluding hydrogens is 321 g/mol. The number of hydrogen-bond acceptors (Lipinski definition) is 3. The second-order valence-electron chi connectivity index (χ2n) is 7.22. The lowest BCUT2D eigenvalue weighted by Crippen LogP contribution is -2.35. The maximum absolute atomic E-state index is 2.46. The first kappa shape index (κ1) is 14.0. The number of thiophene rings is 3. The van der Waals surface area contributed by atoms with Gasteiger partial charge in [0.2, 0.25) is 0 Å². The van der Waals surface area contributed by atoms with Crippen molar-refractivity contribution in [3.05, 3.63) is 10.8 Å². The Morgan fingerprint density at radius 3 is 1.37 bits per heavy atom. The molecule has 5 heteroatoms. The largest absolute Gasteiger partial charge is 0.151 e. The Kier molecular flexibility index (Phi) is 3.15. The summed E-state index contributed by atoms with van der Waals surface area (Å²) in [6, 6.07) is 0. The zero-order chi connectivity index (χ0) is 14.0. The molecule has 0 N–H and O–H groups in total. The van der Waals surface area contributed by atoms with E-state index < -0.39 is 16.1 Å². The molecule has 0 amide bonds. The van der Waals surface area contributed by atoms with E-state index >= 15 is 0 Å². The van der Waals surface area contributed by atoms with Crippen molar-refractivity contribution >= 4 is 79.3 Å². The van der Waals surface area contributed by atoms with Gasteiger partial charge in [0.25, 0.3) is 0 Å². The van der Waals surface area contributed by atoms with Crippen LogP contribution in [0.3, 0.4) is 0 Å². The Bertz CT molecular complexity index is 684. The van der Waals surface area contributed by atoms with Crippen molar-refractivity contribution in [1.29, 1.82) is 0 Å². The van der Waals surface area contributed by atoms with Gasteiger partial charge in [-0.15, -0.1) is 11.3 Å². The molecule has 0 spiro atoms. The van der Waals surface area contributed by atoms with Crippen LogP contribution in [0.1, 0.15) is 0 Å². The number of rotatable bonds is 2. The lowest BCUT2D eigenvalue weighted by molar-refractivity contribution is 1.81. The van der Waals surface area contributed by atoms with E-state index in [-0.39, 0.29) is 0 Å². The molecule has 0 atom stereocenters. The third-order valence-corrected chi connectivity index (χ3v) is 14.4. The first-order chi connectivity index (χ1) is 8.69. The zero-order valence-corrected chi connectivity index (χ0v) is 16.8. The van der Waals surface area contributed by atoms with Crippen LogP contribution in [0.2, 0.25) is 39.3 Å². The summed E-state index contributed by atoms with van der Waals surface area (Å²) in [7, 11) is -2.40. The van der Waals surface area contributed by atoms with E-state index in [0.29, 0.717) is 0 Å². The molecule has 0 aliphatic rings. The Hall–Kier alpha value is 0.0538. The van der Waals surface area contributed by atoms with Gasteiger partial charge in [-0.2, -0.15) is 22.7 Å². The molecule has 0 bridgehead atoms. The quantitative estimate of drug-likeness (QED) is 0.558. The summed E-state index contributed by atoms with van der Waals surface area (Å²) in [6.45, 7) is 14.8. The number of fused-ring (bicyclic) bond motifs is 3. The molecule has 0 aromatic carbocycles. The second-order valence-corrected chi connectivity index (χ2v) is 20.7. The highest BCUT2D eigenvalue weighted by Crippen LogP contribution is 2.38. The van der Waals surface area contributed by atoms with E-state index in [9.17, 15) is 0 Å². The predicted molar refractivity (Wildman–Crippen MR) is 101 cm³/mol. The Balaban J connectivity index is 2.34. The summed E-state index contributed by atoms with van der Waals surface area (Å²) in [4.78, 5) is 0. The van der Waals surface area contributed by atoms with E-state index in [1.54, 1.807) is 18.4 Å². The van der Waals surface area contributed by atoms with Crippen LogP contribution in [-0.4, -0.2) is 16.1 Å². The van der Waals surface area contributed by atoms with Crippen LogP contribution in [0.25, 0.3) is 20.2 Å². The highest BCUT2D eigenvalue weighted by Gasteiger charge is 2.27. The van der Waals surface area contributed by atoms with E-state index in [1.165, 1.54) is 10.8 Å². The minimum Gasteiger partial charge on any atom is -0.151 e. The predicted octanol–water partition coefficient (Wildman–Crippen LogP) is 5.27. The molecule has 3 aromatic rings. The summed E-state index contributed by atoms with van der Waals surface area (Å²) >= 11 is 6.06. The molecule has 3 rings (SSSR count). The first-order valence-corrected chi connectivity index (χ1v) is 16.2. The van der Waals surface area contributed by atoms with Crippen molar-refractivity contribution in [1.82, 2.24) is 0 Å². The van der Waals surface area contributed by atoms with E-state index in [1.807, 2.05) is 22.7 Å². The third-order valence-electron chi connectivity index (χ3n) is 3.35. The molecular formula is C14H20S3Si2. The topological polar surface area (TPSA) is 0 Å². The summed E-state index contributed by atoms with van der Waals surface area (Å²) < 4.78 is 6.58. The zero-order valence-electron chi connectivity index (χ0n) is 12.4. The first-order valence-electron chi connectivity index (χ1n) is 6.62. The SMILES string of the molecule is C[Si](C)(C)c1scc2c1sc1c([Si](C)(C)C)scc12. The summed E-state index contributed by atoms with van der Waals surface area (Å²) in [6.07, 6.45) is 0. The van der Waals surface area contributed by atoms with E-state index in [4.69, 9.17) is 0 Å². The number of hydrogen-bond donors (Lipinski definition) is 0. The maximum Gasteiger partial charge on any atom is 0.0923 e. The molecule has 102 valence electrons. The molecule has 0 saturated carbocycles. The molecule has 0 aliphatic heterocycles. The van der Waals surface area contributed by atoms with E-state index in [2.05, 4.69) is 61.4 Å². The van der Waals surface area contributed by atoms with Crippen LogP contribution in [-0.2, 0) is 0 Å². The fourth-order valence-electron chi connectivity index (χ4n) is 2.41. The van der Waals surface area contributed by atoms with E-state index in [0.717, 1.165) is 0 Å². The Morgan fingerprint density at radius 1 is 0.684 bits per heavy atom. The fraction of sp³-hybridized carbons (Fsp3) is 0.429. The van der Waals surface area contributed by atoms with Crippen molar-refractivity contribution in [2.24, 2.45) is 0 Å². The summed E-state index contributed by atoms with van der Waals surface area (Å²) in [5.74, 6) is 0. The van der Waals surface area contributed by atoms with Crippen LogP contribution in [0.4, 0.5) is 0 Å². The van der Waals surface area contributed by atoms with Gasteiger partial charge < -0.3 is 0 Å². The molecule has 0 unspecified atom stereocenters. The molecule has 0 aliphatic carbocycles. The fourth-order valence-corrected chi connectivity index (χ4v) is 12.4. The van der Waals surface area contributed by atoms with Gasteiger partial charge in [-0.1, -0.05) is 39.3 Å². The molecule has 0 saturated heterocycles. The highest BCUT2D eigenvalue weighted by molar-refractivity contribution is 7.40. The van der Waals surface area contributed by atoms with Crippen LogP contribution in [0, 0.1) is 0 Å². The lowest BCUT2D eigenvalue weighted by Gasteiger charge is -2.14. The molecule has 3 heterocycles. The average molecular weight is 341 g/mol. The highest BCUT2D eigenvalue weighted by atomic mass is 32.1. The maximum atomic E-state index is 2.46. The smallest absolute Gasteiger partial charge is 0.0923 e. The lowest BCUT2D eigenvalue weighted by atomic mass is 10.3. The van der Waals surface area contributed by atoms with Gasteiger partial charge in [-0.05, 0) is 10.8 Å². The molecule has 3 aromatic heterocycles. The normalized spacial score (nSPS) is 13.8. The molecule has 0 radical (unpaired) electrons. The molecule has 0 nitrogen and oxygen atoms in total. The van der Waals surface area contributed by atoms with Gasteiger partial charge in [0.15, 0.2) is 0 Å². The molecule has 19 heavy (non-hydrogen) atoms. The van der Waals surface area contributed by atoms with Crippen molar-refractivity contribution in [3.63, 3.8) is 0 Å². The van der Waals surface area contributed by atoms with Gasteiger partial charge in [0.05, 0.1) is 16.1 Å². The summed E-state index contributed by atoms with van der Waals surface area (Å²) in [5.41, 5.74) is 0. The van der Waals surface area contributed by atoms with Gasteiger partial charge in [0, 0.05) is 29.2 Å². The minimum atomic E-state index is -1.20. The van der Waals surface area contributed by atoms with Crippen molar-refractivity contribution in [2.45, 2.75) is 39.3 Å². The van der Waals surface area contributed by atoms with Crippen LogP contribution in [0.5, 0.6) is 0 Å². The van der Waals surface area contributed by atoms with Crippen LogP contribution >= 0.6 is 34.0 Å². The van der Waals surface area contributed by atoms with Crippen molar-refractivity contribution in [2.75, 3.05) is 0 Å².